The van der Waals surface area contributed by atoms with E-state index in [0.29, 0.717) is 5.82 Å². The topological polar surface area (TPSA) is 49.6 Å². The molecule has 18 heavy (non-hydrogen) atoms. The number of benzene rings is 1. The van der Waals surface area contributed by atoms with Crippen LogP contribution in [0.5, 0.6) is 0 Å². The van der Waals surface area contributed by atoms with Crippen LogP contribution in [0.3, 0.4) is 0 Å². The Kier molecular flexibility index (Phi) is 4.06. The Balaban J connectivity index is 2.46. The van der Waals surface area contributed by atoms with Crippen molar-refractivity contribution in [2.45, 2.75) is 19.3 Å². The molecule has 0 N–H and O–H groups in total. The van der Waals surface area contributed by atoms with Gasteiger partial charge in [-0.1, -0.05) is 41.1 Å². The minimum absolute atomic E-state index is 0.243. The van der Waals surface area contributed by atoms with Crippen molar-refractivity contribution in [1.82, 2.24) is 9.97 Å². The summed E-state index contributed by atoms with van der Waals surface area (Å²) in [6, 6.07) is 12.0. The van der Waals surface area contributed by atoms with Crippen molar-refractivity contribution in [3.63, 3.8) is 0 Å². The molecule has 1 heterocycles. The summed E-state index contributed by atoms with van der Waals surface area (Å²) in [5, 5.41) is 9.06. The summed E-state index contributed by atoms with van der Waals surface area (Å²) in [4.78, 5) is 8.67. The largest absolute Gasteiger partial charge is 0.240 e. The zero-order valence-electron chi connectivity index (χ0n) is 9.97. The van der Waals surface area contributed by atoms with Gasteiger partial charge in [-0.3, -0.25) is 0 Å². The molecule has 0 amide bonds. The van der Waals surface area contributed by atoms with Gasteiger partial charge >= 0.3 is 0 Å². The standard InChI is InChI=1S/C14H12BrN3/c1-2-10(9-16)14-17-8-7-13(18-14)11-5-3-4-6-12(11)15/h3-8,10H,2H2,1H3. The highest BCUT2D eigenvalue weighted by Gasteiger charge is 2.13. The molecule has 3 nitrogen and oxygen atoms in total. The summed E-state index contributed by atoms with van der Waals surface area (Å²) in [7, 11) is 0. The van der Waals surface area contributed by atoms with Gasteiger partial charge in [-0.05, 0) is 18.6 Å². The summed E-state index contributed by atoms with van der Waals surface area (Å²) >= 11 is 3.50. The average Bonchev–Trinajstić information content (AvgIpc) is 2.41. The number of hydrogen-bond donors (Lipinski definition) is 0. The number of nitriles is 1. The van der Waals surface area contributed by atoms with Gasteiger partial charge in [0, 0.05) is 16.2 Å². The number of halogens is 1. The molecule has 0 saturated carbocycles. The maximum atomic E-state index is 9.06. The van der Waals surface area contributed by atoms with E-state index in [9.17, 15) is 0 Å². The summed E-state index contributed by atoms with van der Waals surface area (Å²) < 4.78 is 0.986. The third-order valence-electron chi connectivity index (χ3n) is 2.70. The normalized spacial score (nSPS) is 11.8. The van der Waals surface area contributed by atoms with Gasteiger partial charge in [-0.25, -0.2) is 9.97 Å². The first-order valence-corrected chi connectivity index (χ1v) is 6.53. The van der Waals surface area contributed by atoms with Crippen LogP contribution >= 0.6 is 15.9 Å². The lowest BCUT2D eigenvalue weighted by Gasteiger charge is -2.08. The van der Waals surface area contributed by atoms with Gasteiger partial charge in [0.1, 0.15) is 11.7 Å². The van der Waals surface area contributed by atoms with Crippen LogP contribution in [0.4, 0.5) is 0 Å². The second-order valence-corrected chi connectivity index (χ2v) is 4.72. The third-order valence-corrected chi connectivity index (χ3v) is 3.39. The Hall–Kier alpha value is -1.73. The first-order valence-electron chi connectivity index (χ1n) is 5.73. The molecule has 1 atom stereocenters. The molecule has 1 aromatic heterocycles. The highest BCUT2D eigenvalue weighted by Crippen LogP contribution is 2.27. The Bertz CT molecular complexity index is 590. The molecule has 0 saturated heterocycles. The number of aromatic nitrogens is 2. The maximum absolute atomic E-state index is 9.06. The minimum Gasteiger partial charge on any atom is -0.240 e. The molecular formula is C14H12BrN3. The predicted octanol–water partition coefficient (Wildman–Crippen LogP) is 3.92. The van der Waals surface area contributed by atoms with Crippen LogP contribution in [0.1, 0.15) is 25.1 Å². The van der Waals surface area contributed by atoms with Crippen LogP contribution in [0.2, 0.25) is 0 Å². The van der Waals surface area contributed by atoms with E-state index in [2.05, 4.69) is 32.0 Å². The van der Waals surface area contributed by atoms with Crippen LogP contribution in [0.15, 0.2) is 41.0 Å². The van der Waals surface area contributed by atoms with Crippen molar-refractivity contribution >= 4 is 15.9 Å². The fraction of sp³-hybridized carbons (Fsp3) is 0.214. The van der Waals surface area contributed by atoms with Gasteiger partial charge < -0.3 is 0 Å². The van der Waals surface area contributed by atoms with Crippen LogP contribution < -0.4 is 0 Å². The summed E-state index contributed by atoms with van der Waals surface area (Å²) in [6.45, 7) is 1.96. The fourth-order valence-electron chi connectivity index (χ4n) is 1.69. The third kappa shape index (κ3) is 2.57. The van der Waals surface area contributed by atoms with Crippen LogP contribution in [-0.2, 0) is 0 Å². The average molecular weight is 302 g/mol. The Labute approximate surface area is 115 Å². The molecule has 0 fully saturated rings. The van der Waals surface area contributed by atoms with Crippen LogP contribution in [0.25, 0.3) is 11.3 Å². The van der Waals surface area contributed by atoms with E-state index in [1.54, 1.807) is 6.20 Å². The lowest BCUT2D eigenvalue weighted by molar-refractivity contribution is 0.752. The molecule has 2 aromatic rings. The Morgan fingerprint density at radius 3 is 2.78 bits per heavy atom. The first-order chi connectivity index (χ1) is 8.76. The summed E-state index contributed by atoms with van der Waals surface area (Å²) in [5.74, 6) is 0.348. The summed E-state index contributed by atoms with van der Waals surface area (Å²) in [6.07, 6.45) is 2.42. The SMILES string of the molecule is CCC(C#N)c1nccc(-c2ccccc2Br)n1. The molecule has 90 valence electrons. The van der Waals surface area contributed by atoms with Crippen molar-refractivity contribution in [2.24, 2.45) is 0 Å². The fourth-order valence-corrected chi connectivity index (χ4v) is 2.18. The highest BCUT2D eigenvalue weighted by molar-refractivity contribution is 9.10. The quantitative estimate of drug-likeness (QED) is 0.863. The maximum Gasteiger partial charge on any atom is 0.146 e. The number of hydrogen-bond acceptors (Lipinski definition) is 3. The summed E-state index contributed by atoms with van der Waals surface area (Å²) in [5.41, 5.74) is 1.84. The molecule has 1 aromatic carbocycles. The minimum atomic E-state index is -0.243. The van der Waals surface area contributed by atoms with E-state index in [1.807, 2.05) is 37.3 Å². The lowest BCUT2D eigenvalue weighted by atomic mass is 10.1. The molecule has 0 radical (unpaired) electrons. The number of rotatable bonds is 3. The van der Waals surface area contributed by atoms with Crippen molar-refractivity contribution in [1.29, 1.82) is 5.26 Å². The molecule has 0 aliphatic rings. The van der Waals surface area contributed by atoms with E-state index < -0.39 is 0 Å². The molecule has 0 aliphatic heterocycles. The first kappa shape index (κ1) is 12.7. The van der Waals surface area contributed by atoms with Gasteiger partial charge in [-0.15, -0.1) is 0 Å². The van der Waals surface area contributed by atoms with Crippen LogP contribution in [0, 0.1) is 11.3 Å². The zero-order chi connectivity index (χ0) is 13.0. The molecule has 0 spiro atoms. The zero-order valence-corrected chi connectivity index (χ0v) is 11.6. The Morgan fingerprint density at radius 2 is 2.11 bits per heavy atom. The molecule has 0 aliphatic carbocycles. The molecule has 1 unspecified atom stereocenters. The van der Waals surface area contributed by atoms with E-state index in [1.165, 1.54) is 0 Å². The number of nitrogens with zero attached hydrogens (tertiary/aromatic N) is 3. The van der Waals surface area contributed by atoms with Crippen molar-refractivity contribution in [3.8, 4) is 17.3 Å². The van der Waals surface area contributed by atoms with Crippen molar-refractivity contribution in [3.05, 3.63) is 46.8 Å². The van der Waals surface area contributed by atoms with Gasteiger partial charge in [0.15, 0.2) is 0 Å². The van der Waals surface area contributed by atoms with E-state index in [4.69, 9.17) is 5.26 Å². The van der Waals surface area contributed by atoms with Crippen molar-refractivity contribution in [2.75, 3.05) is 0 Å². The van der Waals surface area contributed by atoms with Gasteiger partial charge in [-0.2, -0.15) is 5.26 Å². The molecule has 2 rings (SSSR count). The highest BCUT2D eigenvalue weighted by atomic mass is 79.9. The van der Waals surface area contributed by atoms with Crippen molar-refractivity contribution < 1.29 is 0 Å². The Morgan fingerprint density at radius 1 is 1.33 bits per heavy atom. The van der Waals surface area contributed by atoms with Gasteiger partial charge in [0.2, 0.25) is 0 Å². The second-order valence-electron chi connectivity index (χ2n) is 3.87. The smallest absolute Gasteiger partial charge is 0.146 e. The predicted molar refractivity (Wildman–Crippen MR) is 73.8 cm³/mol. The lowest BCUT2D eigenvalue weighted by Crippen LogP contribution is -2.02. The second kappa shape index (κ2) is 5.74. The van der Waals surface area contributed by atoms with E-state index in [0.717, 1.165) is 22.2 Å². The molecular weight excluding hydrogens is 290 g/mol. The molecule has 0 bridgehead atoms. The van der Waals surface area contributed by atoms with Crippen LogP contribution in [-0.4, -0.2) is 9.97 Å². The monoisotopic (exact) mass is 301 g/mol. The van der Waals surface area contributed by atoms with E-state index >= 15 is 0 Å². The van der Waals surface area contributed by atoms with Gasteiger partial charge in [0.25, 0.3) is 0 Å². The molecule has 4 heteroatoms. The van der Waals surface area contributed by atoms with E-state index in [-0.39, 0.29) is 5.92 Å². The van der Waals surface area contributed by atoms with Gasteiger partial charge in [0.05, 0.1) is 11.8 Å².